The summed E-state index contributed by atoms with van der Waals surface area (Å²) in [4.78, 5) is 131. The molecule has 0 saturated heterocycles. The summed E-state index contributed by atoms with van der Waals surface area (Å²) in [5, 5.41) is 30.8. The molecule has 5 amide bonds. The second kappa shape index (κ2) is 44.0. The van der Waals surface area contributed by atoms with E-state index in [1.54, 1.807) is 28.1 Å². The lowest BCUT2D eigenvalue weighted by atomic mass is 10.1. The molecule has 0 saturated carbocycles. The highest BCUT2D eigenvalue weighted by atomic mass is 35.5. The minimum Gasteiger partial charge on any atom is -0.464 e. The molecule has 29 N–H and O–H groups in total. The smallest absolute Gasteiger partial charge is 0.360 e. The molecule has 0 bridgehead atoms. The third kappa shape index (κ3) is 29.9. The van der Waals surface area contributed by atoms with Gasteiger partial charge in [0.15, 0.2) is 118 Å². The summed E-state index contributed by atoms with van der Waals surface area (Å²) >= 11 is 33.9. The zero-order chi connectivity index (χ0) is 76.1. The number of hydrogen-bond donors (Lipinski definition) is 19. The summed E-state index contributed by atoms with van der Waals surface area (Å²) in [6.07, 6.45) is 0.313. The van der Waals surface area contributed by atoms with Crippen LogP contribution in [0.3, 0.4) is 0 Å². The van der Waals surface area contributed by atoms with Crippen LogP contribution in [0.2, 0.25) is 30.9 Å². The number of benzene rings is 1. The lowest BCUT2D eigenvalue weighted by Crippen LogP contribution is -2.45. The fourth-order valence-electron chi connectivity index (χ4n) is 5.86. The lowest BCUT2D eigenvalue weighted by molar-refractivity contribution is -0.124. The number of nitrogens with two attached hydrogens (primary N) is 10. The van der Waals surface area contributed by atoms with Gasteiger partial charge in [-0.2, -0.15) is 4.99 Å². The minimum absolute atomic E-state index is 0.00541. The van der Waals surface area contributed by atoms with Crippen molar-refractivity contribution in [1.29, 1.82) is 10.8 Å². The van der Waals surface area contributed by atoms with E-state index in [0.717, 1.165) is 0 Å². The predicted molar refractivity (Wildman–Crippen MR) is 369 cm³/mol. The van der Waals surface area contributed by atoms with Crippen molar-refractivity contribution in [3.8, 4) is 0 Å². The Labute approximate surface area is 587 Å². The van der Waals surface area contributed by atoms with E-state index < -0.39 is 60.5 Å². The van der Waals surface area contributed by atoms with Crippen molar-refractivity contribution in [1.82, 2.24) is 71.1 Å². The molecule has 98 heavy (non-hydrogen) atoms. The number of carbonyl (C=O) groups is 8. The van der Waals surface area contributed by atoms with Crippen molar-refractivity contribution in [3.05, 3.63) is 94.8 Å². The Kier molecular flexibility index (Phi) is 38.3. The van der Waals surface area contributed by atoms with Crippen LogP contribution in [0.5, 0.6) is 0 Å². The van der Waals surface area contributed by atoms with Crippen LogP contribution in [-0.4, -0.2) is 164 Å². The third-order valence-electron chi connectivity index (χ3n) is 10.5. The van der Waals surface area contributed by atoms with Gasteiger partial charge in [0.1, 0.15) is 5.78 Å². The molecule has 0 radical (unpaired) electrons. The molecule has 6 rings (SSSR count). The summed E-state index contributed by atoms with van der Waals surface area (Å²) in [6, 6.07) is 8.46. The van der Waals surface area contributed by atoms with Gasteiger partial charge in [0.05, 0.1) is 29.3 Å². The second-order valence-electron chi connectivity index (χ2n) is 17.6. The second-order valence-corrected chi connectivity index (χ2v) is 19.7. The molecular weight excluding hydrogens is 1420 g/mol. The number of aliphatic imine (C=N–C) groups is 1. The third-order valence-corrected chi connectivity index (χ3v) is 12.2. The number of amides is 5. The zero-order valence-electron chi connectivity index (χ0n) is 53.8. The fraction of sp³-hybridized carbons (Fsp3) is 0.275. The average molecular weight is 1500 g/mol. The van der Waals surface area contributed by atoms with Gasteiger partial charge in [-0.25, -0.2) is 59.4 Å². The number of guanidine groups is 3. The first-order valence-corrected chi connectivity index (χ1v) is 28.8. The number of nitrogens with zero attached hydrogens (tertiary/aromatic N) is 11. The van der Waals surface area contributed by atoms with Gasteiger partial charge in [0.25, 0.3) is 11.8 Å². The molecule has 0 spiro atoms. The van der Waals surface area contributed by atoms with Crippen molar-refractivity contribution >= 4 is 187 Å². The lowest BCUT2D eigenvalue weighted by Gasteiger charge is -2.10. The normalized spacial score (nSPS) is 10.1. The van der Waals surface area contributed by atoms with Crippen LogP contribution in [0.25, 0.3) is 0 Å². The number of aromatic nitrogens is 10. The Bertz CT molecular complexity index is 3890. The topological polar surface area (TPSA) is 688 Å². The van der Waals surface area contributed by atoms with E-state index in [-0.39, 0.29) is 143 Å². The predicted octanol–water partition coefficient (Wildman–Crippen LogP) is 1.79. The number of alkyl halides is 1. The Morgan fingerprint density at radius 2 is 0.908 bits per heavy atom. The minimum atomic E-state index is -1.00. The van der Waals surface area contributed by atoms with E-state index >= 15 is 0 Å². The highest BCUT2D eigenvalue weighted by molar-refractivity contribution is 6.40. The van der Waals surface area contributed by atoms with Crippen LogP contribution in [0.4, 0.5) is 56.8 Å². The maximum Gasteiger partial charge on any atom is 0.360 e. The monoisotopic (exact) mass is 1490 g/mol. The Hall–Kier alpha value is -10.8. The van der Waals surface area contributed by atoms with Crippen molar-refractivity contribution in [2.24, 2.45) is 27.9 Å². The van der Waals surface area contributed by atoms with Gasteiger partial charge in [0, 0.05) is 46.4 Å². The molecule has 0 aliphatic carbocycles. The molecule has 0 aliphatic heterocycles. The van der Waals surface area contributed by atoms with E-state index in [4.69, 9.17) is 139 Å². The van der Waals surface area contributed by atoms with Crippen LogP contribution in [0.1, 0.15) is 104 Å². The molecule has 5 aromatic heterocycles. The molecule has 0 aliphatic rings. The van der Waals surface area contributed by atoms with Crippen LogP contribution in [0.15, 0.2) is 29.3 Å². The van der Waals surface area contributed by atoms with Gasteiger partial charge in [-0.1, -0.05) is 106 Å². The fourth-order valence-corrected chi connectivity index (χ4v) is 6.92. The summed E-state index contributed by atoms with van der Waals surface area (Å²) in [5.74, 6) is -6.71. The quantitative estimate of drug-likeness (QED) is 0.0420. The van der Waals surface area contributed by atoms with Gasteiger partial charge < -0.3 is 82.8 Å². The van der Waals surface area contributed by atoms with Crippen molar-refractivity contribution in [2.75, 3.05) is 99.4 Å². The first kappa shape index (κ1) is 85.2. The summed E-state index contributed by atoms with van der Waals surface area (Å²) in [5.41, 5.74) is 55.0. The standard InChI is InChI=1S/C12H16ClN7O3.C9H13ClN8O2.C9H13N.C7H10ClN7O.C7H9ClN4O2.C6H5Cl2N3O2.CH3F/c1-2-5(21)3-4-6(22)17-12(16)20-11(23)7-9(14)19-10(15)8(13)18-7;1-14-7-5(10)16-4(6(12)17-7)8(20)18-9(13)15-3(19)2-11;1-7-3-5-9(6-4-7)8(2)10;1-12-5-3(8)13-2(4(9)14-5)6(16)15-7(10)11;1-10-6-4(8)11-3(5(9)12-6)7(13)14-2;1-13-6(12)2-5(9)11-4(8)3(7)10-2;1-2/h2-4H2,1H3,(H4,14,15,19)(H3,16,17,20,22,23);2,11H2,1H3,(H3,12,14,17)(H3,13,15,18,19,20);3-6,8H,10H2,1-2H3;1H3,(H3,9,12,14)(H4,10,11,15,16);1-2H3,(H3,9,10,12);1H3,(H2,9,11);1H3/i;;;;;;1D. The first-order chi connectivity index (χ1) is 46.3. The van der Waals surface area contributed by atoms with Gasteiger partial charge in [-0.05, 0) is 19.4 Å². The Morgan fingerprint density at radius 1 is 0.551 bits per heavy atom. The molecule has 5 heterocycles. The van der Waals surface area contributed by atoms with E-state index in [1.807, 2.05) is 12.2 Å². The van der Waals surface area contributed by atoms with Crippen LogP contribution in [-0.2, 0) is 23.9 Å². The zero-order valence-corrected chi connectivity index (χ0v) is 57.4. The molecule has 532 valence electrons. The van der Waals surface area contributed by atoms with Gasteiger partial charge >= 0.3 is 17.8 Å². The summed E-state index contributed by atoms with van der Waals surface area (Å²) < 4.78 is 24.3. The number of halogens is 7. The number of anilines is 9. The molecule has 6 aromatic rings. The Morgan fingerprint density at radius 3 is 1.31 bits per heavy atom. The van der Waals surface area contributed by atoms with Crippen molar-refractivity contribution < 1.29 is 53.6 Å². The SMILES string of the molecule is CCC(=O)CCC(=O)NC(=N)NC(=O)c1nc(Cl)c(N)nc1N.CNc1nc(N)c(C(=O)N=C(N)N)nc1Cl.CNc1nc(N)c(C(=O)NC(=N)NC(=O)CN)nc1Cl.CNc1nc(N)c(C(=O)OC)nc1Cl.COC(=O)c1nc(Cl)c(Cl)nc1N.Cc1ccc(C(C)N)cc1.[2H]CF. The number of rotatable bonds is 14. The highest BCUT2D eigenvalue weighted by Gasteiger charge is 2.22. The maximum absolute atomic E-state index is 11.9. The average Bonchev–Trinajstić information content (AvgIpc) is 0.869. The summed E-state index contributed by atoms with van der Waals surface area (Å²) in [7, 11) is 6.20. The molecule has 1 unspecified atom stereocenters. The molecule has 0 fully saturated rings. The van der Waals surface area contributed by atoms with Gasteiger partial charge in [0.2, 0.25) is 23.7 Å². The number of ketones is 1. The number of esters is 2. The number of ether oxygens (including phenoxy) is 2. The molecule has 1 atom stereocenters. The number of carbonyl (C=O) groups excluding carboxylic acids is 8. The van der Waals surface area contributed by atoms with E-state index in [1.165, 1.54) is 25.3 Å². The van der Waals surface area contributed by atoms with Crippen molar-refractivity contribution in [3.63, 3.8) is 0 Å². The molecule has 40 nitrogen and oxygen atoms in total. The van der Waals surface area contributed by atoms with E-state index in [9.17, 15) is 42.7 Å². The van der Waals surface area contributed by atoms with Crippen LogP contribution < -0.4 is 94.6 Å². The van der Waals surface area contributed by atoms with Gasteiger partial charge in [-0.15, -0.1) is 0 Å². The summed E-state index contributed by atoms with van der Waals surface area (Å²) in [6.45, 7) is 5.43. The number of methoxy groups -OCH3 is 2. The molecule has 1 aromatic carbocycles. The molecular formula is C51H69Cl6FN30O10. The number of hydrogen-bond acceptors (Lipinski definition) is 33. The number of nitrogens with one attached hydrogen (secondary N) is 9. The van der Waals surface area contributed by atoms with E-state index in [0.29, 0.717) is 12.2 Å². The number of aryl methyl sites for hydroxylation is 1. The van der Waals surface area contributed by atoms with Gasteiger partial charge in [-0.3, -0.25) is 65.2 Å². The van der Waals surface area contributed by atoms with Crippen molar-refractivity contribution in [2.45, 2.75) is 46.1 Å². The molecule has 47 heteroatoms. The number of nitrogen functional groups attached to an aromatic ring is 6. The maximum atomic E-state index is 11.9. The van der Waals surface area contributed by atoms with Crippen LogP contribution >= 0.6 is 69.6 Å². The van der Waals surface area contributed by atoms with E-state index in [2.05, 4.69) is 127 Å². The van der Waals surface area contributed by atoms with Crippen LogP contribution in [0, 0.1) is 17.7 Å². The largest absolute Gasteiger partial charge is 0.464 e. The Balaban J connectivity index is 0.00000117. The number of Topliss-reactive ketones (excluding diaryl/α,β-unsaturated/α-hetero) is 1. The highest BCUT2D eigenvalue weighted by Crippen LogP contribution is 2.24. The first-order valence-electron chi connectivity index (χ1n) is 27.2.